The molecule has 6 nitrogen and oxygen atoms in total. The van der Waals surface area contributed by atoms with Crippen molar-refractivity contribution in [2.75, 3.05) is 20.0 Å². The number of nitrogens with one attached hydrogen (secondary N) is 1. The van der Waals surface area contributed by atoms with Crippen LogP contribution in [0.3, 0.4) is 0 Å². The molecule has 2 atom stereocenters. The van der Waals surface area contributed by atoms with Gasteiger partial charge in [-0.1, -0.05) is 29.8 Å². The van der Waals surface area contributed by atoms with Gasteiger partial charge in [0.15, 0.2) is 11.5 Å². The number of rotatable bonds is 5. The van der Waals surface area contributed by atoms with Crippen LogP contribution in [-0.4, -0.2) is 42.7 Å². The minimum Gasteiger partial charge on any atom is -0.493 e. The van der Waals surface area contributed by atoms with Crippen molar-refractivity contribution < 1.29 is 19.1 Å². The van der Waals surface area contributed by atoms with E-state index in [-0.39, 0.29) is 17.2 Å². The molecule has 1 fully saturated rings. The quantitative estimate of drug-likeness (QED) is 0.807. The van der Waals surface area contributed by atoms with Gasteiger partial charge in [0.1, 0.15) is 11.4 Å². The van der Waals surface area contributed by atoms with Crippen molar-refractivity contribution >= 4 is 35.2 Å². The fraction of sp³-hybridized carbons (Fsp3) is 0.300. The normalized spacial score (nSPS) is 20.0. The van der Waals surface area contributed by atoms with Gasteiger partial charge in [-0.2, -0.15) is 0 Å². The first kappa shape index (κ1) is 19.0. The lowest BCUT2D eigenvalue weighted by Crippen LogP contribution is -2.45. The number of fused-ring (bicyclic) bond motifs is 3. The molecule has 4 rings (SSSR count). The molecule has 0 radical (unpaired) electrons. The maximum Gasteiger partial charge on any atom is 0.260 e. The molecule has 2 aliphatic rings. The van der Waals surface area contributed by atoms with Crippen LogP contribution < -0.4 is 14.8 Å². The largest absolute Gasteiger partial charge is 0.493 e. The van der Waals surface area contributed by atoms with Gasteiger partial charge < -0.3 is 19.7 Å². The summed E-state index contributed by atoms with van der Waals surface area (Å²) in [4.78, 5) is 27.6. The van der Waals surface area contributed by atoms with Gasteiger partial charge in [0.2, 0.25) is 5.91 Å². The summed E-state index contributed by atoms with van der Waals surface area (Å²) in [5.41, 5.74) is 2.29. The Morgan fingerprint density at radius 2 is 1.96 bits per heavy atom. The highest BCUT2D eigenvalue weighted by Crippen LogP contribution is 2.52. The standard InChI is InChI=1S/C20H19ClN2O4S/c1-26-15-8-7-13-16(17(15)27-2)19(25)23-14(10-28-20(13)23)18(24)22-9-11-3-5-12(21)6-4-11/h3-8,14,20H,9-10H2,1-2H3,(H,22,24)/t14-,20+/m0/s1. The molecule has 8 heteroatoms. The fourth-order valence-corrected chi connectivity index (χ4v) is 5.18. The molecule has 2 aromatic rings. The molecule has 2 aromatic carbocycles. The molecule has 146 valence electrons. The Bertz CT molecular complexity index is 935. The lowest BCUT2D eigenvalue weighted by atomic mass is 10.1. The maximum atomic E-state index is 13.1. The molecule has 0 bridgehead atoms. The topological polar surface area (TPSA) is 67.9 Å². The molecule has 2 heterocycles. The predicted molar refractivity (Wildman–Crippen MR) is 108 cm³/mol. The van der Waals surface area contributed by atoms with Crippen LogP contribution in [0.4, 0.5) is 0 Å². The zero-order valence-electron chi connectivity index (χ0n) is 15.4. The number of hydrogen-bond donors (Lipinski definition) is 1. The highest BCUT2D eigenvalue weighted by atomic mass is 35.5. The number of carbonyl (C=O) groups excluding carboxylic acids is 2. The summed E-state index contributed by atoms with van der Waals surface area (Å²) < 4.78 is 10.7. The first-order valence-electron chi connectivity index (χ1n) is 8.76. The minimum atomic E-state index is -0.530. The first-order chi connectivity index (χ1) is 13.5. The second-order valence-electron chi connectivity index (χ2n) is 6.52. The number of amides is 2. The van der Waals surface area contributed by atoms with E-state index in [1.807, 2.05) is 18.2 Å². The lowest BCUT2D eigenvalue weighted by molar-refractivity contribution is -0.124. The second-order valence-corrected chi connectivity index (χ2v) is 8.07. The van der Waals surface area contributed by atoms with E-state index >= 15 is 0 Å². The summed E-state index contributed by atoms with van der Waals surface area (Å²) >= 11 is 7.47. The Kier molecular flexibility index (Phi) is 5.12. The SMILES string of the molecule is COc1ccc2c(c1OC)C(=O)N1[C@@H]2SC[C@H]1C(=O)NCc1ccc(Cl)cc1. The van der Waals surface area contributed by atoms with E-state index in [0.29, 0.717) is 34.4 Å². The molecule has 0 unspecified atom stereocenters. The monoisotopic (exact) mass is 418 g/mol. The Morgan fingerprint density at radius 3 is 2.64 bits per heavy atom. The Labute approximate surface area is 172 Å². The molecule has 0 spiro atoms. The number of halogens is 1. The van der Waals surface area contributed by atoms with Crippen molar-refractivity contribution in [3.05, 3.63) is 58.1 Å². The van der Waals surface area contributed by atoms with E-state index in [0.717, 1.165) is 11.1 Å². The third-order valence-corrected chi connectivity index (χ3v) is 6.53. The number of methoxy groups -OCH3 is 2. The Morgan fingerprint density at radius 1 is 1.21 bits per heavy atom. The van der Waals surface area contributed by atoms with Crippen LogP contribution >= 0.6 is 23.4 Å². The van der Waals surface area contributed by atoms with Crippen molar-refractivity contribution in [1.82, 2.24) is 10.2 Å². The highest BCUT2D eigenvalue weighted by Gasteiger charge is 2.50. The average Bonchev–Trinajstić information content (AvgIpc) is 3.26. The van der Waals surface area contributed by atoms with Gasteiger partial charge in [0.25, 0.3) is 5.91 Å². The number of nitrogens with zero attached hydrogens (tertiary/aromatic N) is 1. The van der Waals surface area contributed by atoms with Gasteiger partial charge >= 0.3 is 0 Å². The van der Waals surface area contributed by atoms with Crippen LogP contribution in [-0.2, 0) is 11.3 Å². The van der Waals surface area contributed by atoms with Crippen molar-refractivity contribution in [3.8, 4) is 11.5 Å². The summed E-state index contributed by atoms with van der Waals surface area (Å²) in [6.07, 6.45) is 0. The average molecular weight is 419 g/mol. The van der Waals surface area contributed by atoms with Crippen LogP contribution in [0.2, 0.25) is 5.02 Å². The van der Waals surface area contributed by atoms with Crippen LogP contribution in [0.25, 0.3) is 0 Å². The van der Waals surface area contributed by atoms with Gasteiger partial charge in [-0.05, 0) is 23.8 Å². The van der Waals surface area contributed by atoms with Gasteiger partial charge in [-0.15, -0.1) is 11.8 Å². The molecule has 0 aliphatic carbocycles. The van der Waals surface area contributed by atoms with Crippen molar-refractivity contribution in [2.45, 2.75) is 18.0 Å². The van der Waals surface area contributed by atoms with E-state index < -0.39 is 6.04 Å². The lowest BCUT2D eigenvalue weighted by Gasteiger charge is -2.22. The van der Waals surface area contributed by atoms with Crippen LogP contribution in [0.5, 0.6) is 11.5 Å². The summed E-state index contributed by atoms with van der Waals surface area (Å²) in [6.45, 7) is 0.383. The van der Waals surface area contributed by atoms with E-state index in [2.05, 4.69) is 5.32 Å². The second kappa shape index (κ2) is 7.56. The van der Waals surface area contributed by atoms with Gasteiger partial charge in [-0.25, -0.2) is 0 Å². The molecule has 0 aromatic heterocycles. The molecule has 2 aliphatic heterocycles. The molecular formula is C20H19ClN2O4S. The fourth-order valence-electron chi connectivity index (χ4n) is 3.60. The smallest absolute Gasteiger partial charge is 0.260 e. The third-order valence-electron chi connectivity index (χ3n) is 4.98. The molecule has 0 saturated carbocycles. The van der Waals surface area contributed by atoms with E-state index in [4.69, 9.17) is 21.1 Å². The maximum absolute atomic E-state index is 13.1. The minimum absolute atomic E-state index is 0.169. The van der Waals surface area contributed by atoms with E-state index in [1.54, 1.807) is 34.9 Å². The van der Waals surface area contributed by atoms with E-state index in [1.165, 1.54) is 14.2 Å². The number of ether oxygens (including phenoxy) is 2. The summed E-state index contributed by atoms with van der Waals surface area (Å²) in [5.74, 6) is 1.10. The zero-order valence-corrected chi connectivity index (χ0v) is 17.0. The zero-order chi connectivity index (χ0) is 19.8. The van der Waals surface area contributed by atoms with Gasteiger partial charge in [0.05, 0.1) is 19.8 Å². The number of benzene rings is 2. The van der Waals surface area contributed by atoms with Gasteiger partial charge in [0, 0.05) is 22.9 Å². The summed E-state index contributed by atoms with van der Waals surface area (Å²) in [5, 5.41) is 3.39. The number of thioether (sulfide) groups is 1. The van der Waals surface area contributed by atoms with Gasteiger partial charge in [-0.3, -0.25) is 9.59 Å². The Hall–Kier alpha value is -2.38. The van der Waals surface area contributed by atoms with Crippen LogP contribution in [0, 0.1) is 0 Å². The predicted octanol–water partition coefficient (Wildman–Crippen LogP) is 3.24. The molecule has 2 amide bonds. The molecule has 1 N–H and O–H groups in total. The first-order valence-corrected chi connectivity index (χ1v) is 10.2. The highest BCUT2D eigenvalue weighted by molar-refractivity contribution is 7.99. The third kappa shape index (κ3) is 3.08. The Balaban J connectivity index is 1.54. The number of hydrogen-bond acceptors (Lipinski definition) is 5. The van der Waals surface area contributed by atoms with Crippen LogP contribution in [0.1, 0.15) is 26.9 Å². The van der Waals surface area contributed by atoms with E-state index in [9.17, 15) is 9.59 Å². The van der Waals surface area contributed by atoms with Crippen LogP contribution in [0.15, 0.2) is 36.4 Å². The summed E-state index contributed by atoms with van der Waals surface area (Å²) in [6, 6.07) is 10.4. The van der Waals surface area contributed by atoms with Crippen molar-refractivity contribution in [2.24, 2.45) is 0 Å². The van der Waals surface area contributed by atoms with Crippen molar-refractivity contribution in [3.63, 3.8) is 0 Å². The molecular weight excluding hydrogens is 400 g/mol. The molecule has 28 heavy (non-hydrogen) atoms. The van der Waals surface area contributed by atoms with Crippen molar-refractivity contribution in [1.29, 1.82) is 0 Å². The summed E-state index contributed by atoms with van der Waals surface area (Å²) in [7, 11) is 3.05. The molecule has 1 saturated heterocycles. The number of carbonyl (C=O) groups is 2.